The van der Waals surface area contributed by atoms with Crippen molar-refractivity contribution in [2.24, 2.45) is 0 Å². The second-order valence-corrected chi connectivity index (χ2v) is 5.79. The molecule has 0 radical (unpaired) electrons. The SMILES string of the molecule is CNC(c1cccc(N(C)C)c1)c1cc(Br)ccc1F. The summed E-state index contributed by atoms with van der Waals surface area (Å²) in [6.07, 6.45) is 0. The lowest BCUT2D eigenvalue weighted by Gasteiger charge is -2.21. The van der Waals surface area contributed by atoms with E-state index < -0.39 is 0 Å². The van der Waals surface area contributed by atoms with Crippen LogP contribution in [0.15, 0.2) is 46.9 Å². The Hall–Kier alpha value is -1.39. The first-order valence-corrected chi connectivity index (χ1v) is 7.21. The minimum atomic E-state index is -0.206. The third-order valence-corrected chi connectivity index (χ3v) is 3.77. The summed E-state index contributed by atoms with van der Waals surface area (Å²) in [5.41, 5.74) is 2.77. The summed E-state index contributed by atoms with van der Waals surface area (Å²) >= 11 is 3.40. The molecule has 1 N–H and O–H groups in total. The third-order valence-electron chi connectivity index (χ3n) is 3.28. The molecule has 0 aromatic heterocycles. The summed E-state index contributed by atoms with van der Waals surface area (Å²) in [4.78, 5) is 2.04. The number of anilines is 1. The minimum Gasteiger partial charge on any atom is -0.378 e. The highest BCUT2D eigenvalue weighted by Gasteiger charge is 2.17. The molecule has 0 amide bonds. The van der Waals surface area contributed by atoms with E-state index in [4.69, 9.17) is 0 Å². The molecule has 2 nitrogen and oxygen atoms in total. The van der Waals surface area contributed by atoms with Crippen LogP contribution in [-0.2, 0) is 0 Å². The normalized spacial score (nSPS) is 12.2. The van der Waals surface area contributed by atoms with Crippen LogP contribution in [0.3, 0.4) is 0 Å². The molecule has 4 heteroatoms. The van der Waals surface area contributed by atoms with Gasteiger partial charge in [0, 0.05) is 29.8 Å². The number of hydrogen-bond acceptors (Lipinski definition) is 2. The van der Waals surface area contributed by atoms with Crippen molar-refractivity contribution < 1.29 is 4.39 Å². The van der Waals surface area contributed by atoms with Gasteiger partial charge in [-0.25, -0.2) is 4.39 Å². The largest absolute Gasteiger partial charge is 0.378 e. The highest BCUT2D eigenvalue weighted by molar-refractivity contribution is 9.10. The molecule has 0 bridgehead atoms. The van der Waals surface area contributed by atoms with Crippen molar-refractivity contribution in [2.75, 3.05) is 26.0 Å². The Labute approximate surface area is 127 Å². The standard InChI is InChI=1S/C16H18BrFN2/c1-19-16(14-10-12(17)7-8-15(14)18)11-5-4-6-13(9-11)20(2)3/h4-10,16,19H,1-3H3. The summed E-state index contributed by atoms with van der Waals surface area (Å²) in [6, 6.07) is 12.9. The van der Waals surface area contributed by atoms with E-state index in [9.17, 15) is 4.39 Å². The second-order valence-electron chi connectivity index (χ2n) is 4.88. The number of hydrogen-bond donors (Lipinski definition) is 1. The fourth-order valence-electron chi connectivity index (χ4n) is 2.22. The highest BCUT2D eigenvalue weighted by Crippen LogP contribution is 2.28. The average Bonchev–Trinajstić information content (AvgIpc) is 2.44. The van der Waals surface area contributed by atoms with Crippen molar-refractivity contribution in [3.8, 4) is 0 Å². The lowest BCUT2D eigenvalue weighted by molar-refractivity contribution is 0.575. The van der Waals surface area contributed by atoms with E-state index >= 15 is 0 Å². The van der Waals surface area contributed by atoms with Crippen LogP contribution in [0.4, 0.5) is 10.1 Å². The smallest absolute Gasteiger partial charge is 0.128 e. The number of benzene rings is 2. The third kappa shape index (κ3) is 3.19. The summed E-state index contributed by atoms with van der Waals surface area (Å²) in [6.45, 7) is 0. The van der Waals surface area contributed by atoms with E-state index in [0.29, 0.717) is 5.56 Å². The number of nitrogens with zero attached hydrogens (tertiary/aromatic N) is 1. The van der Waals surface area contributed by atoms with Crippen LogP contribution in [0.25, 0.3) is 0 Å². The molecule has 0 heterocycles. The zero-order chi connectivity index (χ0) is 14.7. The molecule has 0 aliphatic carbocycles. The maximum atomic E-state index is 14.1. The maximum absolute atomic E-state index is 14.1. The van der Waals surface area contributed by atoms with Gasteiger partial charge in [0.25, 0.3) is 0 Å². The van der Waals surface area contributed by atoms with Gasteiger partial charge in [0.1, 0.15) is 5.82 Å². The average molecular weight is 337 g/mol. The van der Waals surface area contributed by atoms with Gasteiger partial charge in [-0.2, -0.15) is 0 Å². The van der Waals surface area contributed by atoms with E-state index in [2.05, 4.69) is 27.3 Å². The molecule has 2 rings (SSSR count). The van der Waals surface area contributed by atoms with Crippen LogP contribution in [-0.4, -0.2) is 21.1 Å². The highest BCUT2D eigenvalue weighted by atomic mass is 79.9. The molecule has 20 heavy (non-hydrogen) atoms. The Balaban J connectivity index is 2.46. The number of halogens is 2. The number of nitrogens with one attached hydrogen (secondary N) is 1. The first-order chi connectivity index (χ1) is 9.52. The molecule has 0 saturated heterocycles. The molecule has 1 atom stereocenters. The Morgan fingerprint density at radius 3 is 2.55 bits per heavy atom. The molecule has 0 aliphatic rings. The number of rotatable bonds is 4. The van der Waals surface area contributed by atoms with Gasteiger partial charge in [-0.15, -0.1) is 0 Å². The molecule has 106 valence electrons. The minimum absolute atomic E-state index is 0.174. The summed E-state index contributed by atoms with van der Waals surface area (Å²) < 4.78 is 15.0. The first kappa shape index (κ1) is 15.0. The Morgan fingerprint density at radius 1 is 1.15 bits per heavy atom. The van der Waals surface area contributed by atoms with Gasteiger partial charge in [-0.1, -0.05) is 28.1 Å². The van der Waals surface area contributed by atoms with Gasteiger partial charge in [-0.05, 0) is 42.9 Å². The van der Waals surface area contributed by atoms with Crippen LogP contribution in [0.5, 0.6) is 0 Å². The quantitative estimate of drug-likeness (QED) is 0.908. The van der Waals surface area contributed by atoms with Gasteiger partial charge < -0.3 is 10.2 Å². The van der Waals surface area contributed by atoms with Crippen molar-refractivity contribution >= 4 is 21.6 Å². The lowest BCUT2D eigenvalue weighted by Crippen LogP contribution is -2.19. The molecule has 1 unspecified atom stereocenters. The zero-order valence-electron chi connectivity index (χ0n) is 11.8. The fourth-order valence-corrected chi connectivity index (χ4v) is 2.60. The van der Waals surface area contributed by atoms with Gasteiger partial charge in [0.05, 0.1) is 6.04 Å². The van der Waals surface area contributed by atoms with Crippen molar-refractivity contribution in [1.29, 1.82) is 0 Å². The summed E-state index contributed by atoms with van der Waals surface area (Å²) in [5.74, 6) is -0.206. The van der Waals surface area contributed by atoms with Crippen molar-refractivity contribution in [3.05, 3.63) is 63.9 Å². The van der Waals surface area contributed by atoms with Gasteiger partial charge in [0.2, 0.25) is 0 Å². The van der Waals surface area contributed by atoms with Crippen LogP contribution >= 0.6 is 15.9 Å². The van der Waals surface area contributed by atoms with Gasteiger partial charge in [0.15, 0.2) is 0 Å². The van der Waals surface area contributed by atoms with Crippen molar-refractivity contribution in [3.63, 3.8) is 0 Å². The molecule has 2 aromatic carbocycles. The van der Waals surface area contributed by atoms with Gasteiger partial charge >= 0.3 is 0 Å². The predicted molar refractivity (Wildman–Crippen MR) is 85.8 cm³/mol. The van der Waals surface area contributed by atoms with E-state index in [0.717, 1.165) is 15.7 Å². The fraction of sp³-hybridized carbons (Fsp3) is 0.250. The summed E-state index contributed by atoms with van der Waals surface area (Å²) in [7, 11) is 5.83. The molecule has 0 aliphatic heterocycles. The topological polar surface area (TPSA) is 15.3 Å². The van der Waals surface area contributed by atoms with E-state index in [1.807, 2.05) is 50.3 Å². The van der Waals surface area contributed by atoms with E-state index in [1.165, 1.54) is 6.07 Å². The summed E-state index contributed by atoms with van der Waals surface area (Å²) in [5, 5.41) is 3.19. The van der Waals surface area contributed by atoms with E-state index in [-0.39, 0.29) is 11.9 Å². The van der Waals surface area contributed by atoms with Crippen LogP contribution in [0.1, 0.15) is 17.2 Å². The molecular formula is C16H18BrFN2. The Kier molecular flexibility index (Phi) is 4.78. The molecule has 0 saturated carbocycles. The monoisotopic (exact) mass is 336 g/mol. The van der Waals surface area contributed by atoms with Crippen LogP contribution < -0.4 is 10.2 Å². The Bertz CT molecular complexity index is 599. The first-order valence-electron chi connectivity index (χ1n) is 6.42. The predicted octanol–water partition coefficient (Wildman–Crippen LogP) is 3.96. The van der Waals surface area contributed by atoms with E-state index in [1.54, 1.807) is 6.07 Å². The molecule has 0 fully saturated rings. The lowest BCUT2D eigenvalue weighted by atomic mass is 9.98. The second kappa shape index (κ2) is 6.37. The van der Waals surface area contributed by atoms with Crippen LogP contribution in [0.2, 0.25) is 0 Å². The molecule has 0 spiro atoms. The Morgan fingerprint density at radius 2 is 1.90 bits per heavy atom. The maximum Gasteiger partial charge on any atom is 0.128 e. The zero-order valence-corrected chi connectivity index (χ0v) is 13.4. The van der Waals surface area contributed by atoms with Gasteiger partial charge in [-0.3, -0.25) is 0 Å². The molecule has 2 aromatic rings. The van der Waals surface area contributed by atoms with Crippen LogP contribution in [0, 0.1) is 5.82 Å². The molecular weight excluding hydrogens is 319 g/mol. The van der Waals surface area contributed by atoms with Crippen molar-refractivity contribution in [1.82, 2.24) is 5.32 Å². The van der Waals surface area contributed by atoms with Crippen molar-refractivity contribution in [2.45, 2.75) is 6.04 Å².